The number of pyridine rings is 1. The molecule has 0 spiro atoms. The number of aromatic nitrogens is 1. The van der Waals surface area contributed by atoms with Gasteiger partial charge in [-0.3, -0.25) is 4.98 Å². The Morgan fingerprint density at radius 1 is 1.11 bits per heavy atom. The van der Waals surface area contributed by atoms with E-state index in [1.165, 1.54) is 28.2 Å². The van der Waals surface area contributed by atoms with Gasteiger partial charge in [0.25, 0.3) is 0 Å². The van der Waals surface area contributed by atoms with E-state index in [1.54, 1.807) is 6.21 Å². The number of carbonyl (C=O) groups is 1. The molecular formula is C18H15F3N4O2. The maximum Gasteiger partial charge on any atom is 0.341 e. The third-order valence-corrected chi connectivity index (χ3v) is 4.44. The van der Waals surface area contributed by atoms with Crippen LogP contribution in [0.2, 0.25) is 0 Å². The zero-order chi connectivity index (χ0) is 19.0. The summed E-state index contributed by atoms with van der Waals surface area (Å²) in [6.07, 6.45) is 4.26. The van der Waals surface area contributed by atoms with Crippen molar-refractivity contribution >= 4 is 12.2 Å². The van der Waals surface area contributed by atoms with Gasteiger partial charge >= 0.3 is 6.03 Å². The van der Waals surface area contributed by atoms with E-state index < -0.39 is 29.6 Å². The number of rotatable bonds is 3. The van der Waals surface area contributed by atoms with Gasteiger partial charge in [0.05, 0.1) is 25.3 Å². The van der Waals surface area contributed by atoms with Gasteiger partial charge in [0.2, 0.25) is 0 Å². The molecule has 27 heavy (non-hydrogen) atoms. The second kappa shape index (κ2) is 6.90. The number of hydrogen-bond donors (Lipinski definition) is 0. The first-order valence-corrected chi connectivity index (χ1v) is 8.34. The highest BCUT2D eigenvalue weighted by molar-refractivity contribution is 5.79. The first-order chi connectivity index (χ1) is 13.0. The number of nitrogens with zero attached hydrogens (tertiary/aromatic N) is 4. The Labute approximate surface area is 152 Å². The summed E-state index contributed by atoms with van der Waals surface area (Å²) in [6.45, 7) is 0.492. The molecule has 1 aromatic carbocycles. The summed E-state index contributed by atoms with van der Waals surface area (Å²) in [5, 5.41) is 5.37. The van der Waals surface area contributed by atoms with Gasteiger partial charge in [-0.05, 0) is 23.8 Å². The molecule has 0 radical (unpaired) electrons. The van der Waals surface area contributed by atoms with E-state index in [1.807, 2.05) is 0 Å². The van der Waals surface area contributed by atoms with Crippen LogP contribution >= 0.6 is 0 Å². The minimum absolute atomic E-state index is 0.0589. The Bertz CT molecular complexity index is 902. The van der Waals surface area contributed by atoms with Crippen molar-refractivity contribution < 1.29 is 22.7 Å². The van der Waals surface area contributed by atoms with Crippen LogP contribution in [0, 0.1) is 17.5 Å². The number of carbonyl (C=O) groups excluding carboxylic acids is 1. The molecule has 2 aromatic rings. The highest BCUT2D eigenvalue weighted by Gasteiger charge is 2.39. The molecule has 1 unspecified atom stereocenters. The Balaban J connectivity index is 1.37. The van der Waals surface area contributed by atoms with Gasteiger partial charge in [-0.2, -0.15) is 5.10 Å². The minimum Gasteiger partial charge on any atom is -0.484 e. The molecular weight excluding hydrogens is 361 g/mol. The molecule has 0 N–H and O–H groups in total. The monoisotopic (exact) mass is 376 g/mol. The molecule has 6 nitrogen and oxygen atoms in total. The summed E-state index contributed by atoms with van der Waals surface area (Å²) < 4.78 is 45.4. The highest BCUT2D eigenvalue weighted by Crippen LogP contribution is 2.31. The zero-order valence-corrected chi connectivity index (χ0v) is 14.1. The number of likely N-dealkylation sites (tertiary alicyclic amines) is 1. The molecule has 0 bridgehead atoms. The van der Waals surface area contributed by atoms with Crippen molar-refractivity contribution in [2.45, 2.75) is 18.6 Å². The predicted molar refractivity (Wildman–Crippen MR) is 89.6 cm³/mol. The molecule has 2 amide bonds. The highest BCUT2D eigenvalue weighted by atomic mass is 19.1. The van der Waals surface area contributed by atoms with Crippen LogP contribution in [0.5, 0.6) is 5.75 Å². The minimum atomic E-state index is -0.789. The number of hydrazone groups is 1. The first-order valence-electron chi connectivity index (χ1n) is 8.34. The van der Waals surface area contributed by atoms with Crippen LogP contribution < -0.4 is 4.74 Å². The lowest BCUT2D eigenvalue weighted by Crippen LogP contribution is -2.58. The molecule has 2 aliphatic rings. The van der Waals surface area contributed by atoms with Crippen LogP contribution in [0.25, 0.3) is 0 Å². The van der Waals surface area contributed by atoms with E-state index in [0.29, 0.717) is 12.0 Å². The van der Waals surface area contributed by atoms with Crippen molar-refractivity contribution in [3.05, 3.63) is 59.7 Å². The van der Waals surface area contributed by atoms with E-state index in [0.717, 1.165) is 18.3 Å². The average Bonchev–Trinajstić information content (AvgIpc) is 3.08. The SMILES string of the molecule is O=C(N1CC(Oc2ccc(F)cc2F)C1)N1N=CCC1c1cncc(F)c1. The topological polar surface area (TPSA) is 58.0 Å². The third kappa shape index (κ3) is 3.44. The van der Waals surface area contributed by atoms with Crippen molar-refractivity contribution in [3.8, 4) is 5.75 Å². The van der Waals surface area contributed by atoms with Crippen molar-refractivity contribution in [2.75, 3.05) is 13.1 Å². The summed E-state index contributed by atoms with van der Waals surface area (Å²) in [7, 11) is 0. The van der Waals surface area contributed by atoms with Crippen molar-refractivity contribution in [3.63, 3.8) is 0 Å². The molecule has 1 atom stereocenters. The molecule has 0 aliphatic carbocycles. The van der Waals surface area contributed by atoms with Crippen LogP contribution in [-0.4, -0.2) is 46.3 Å². The predicted octanol–water partition coefficient (Wildman–Crippen LogP) is 3.11. The van der Waals surface area contributed by atoms with Crippen LogP contribution in [0.15, 0.2) is 41.8 Å². The molecule has 3 heterocycles. The van der Waals surface area contributed by atoms with E-state index >= 15 is 0 Å². The summed E-state index contributed by atoms with van der Waals surface area (Å²) >= 11 is 0. The van der Waals surface area contributed by atoms with Crippen LogP contribution in [0.4, 0.5) is 18.0 Å². The first kappa shape index (κ1) is 17.3. The second-order valence-electron chi connectivity index (χ2n) is 6.33. The van der Waals surface area contributed by atoms with E-state index in [9.17, 15) is 18.0 Å². The number of urea groups is 1. The van der Waals surface area contributed by atoms with E-state index in [-0.39, 0.29) is 24.9 Å². The number of hydrogen-bond acceptors (Lipinski definition) is 4. The smallest absolute Gasteiger partial charge is 0.341 e. The van der Waals surface area contributed by atoms with Gasteiger partial charge < -0.3 is 9.64 Å². The van der Waals surface area contributed by atoms with Gasteiger partial charge in [0.1, 0.15) is 17.7 Å². The summed E-state index contributed by atoms with van der Waals surface area (Å²) in [5.41, 5.74) is 0.558. The maximum atomic E-state index is 13.6. The molecule has 4 rings (SSSR count). The lowest BCUT2D eigenvalue weighted by Gasteiger charge is -2.41. The zero-order valence-electron chi connectivity index (χ0n) is 14.1. The maximum absolute atomic E-state index is 13.6. The molecule has 1 saturated heterocycles. The fraction of sp³-hybridized carbons (Fsp3) is 0.278. The normalized spacial score (nSPS) is 19.3. The molecule has 9 heteroatoms. The van der Waals surface area contributed by atoms with Crippen molar-refractivity contribution in [1.82, 2.24) is 14.9 Å². The lowest BCUT2D eigenvalue weighted by atomic mass is 10.1. The van der Waals surface area contributed by atoms with Gasteiger partial charge in [-0.25, -0.2) is 23.0 Å². The number of halogens is 3. The van der Waals surface area contributed by atoms with Crippen molar-refractivity contribution in [1.29, 1.82) is 0 Å². The standard InChI is InChI=1S/C18H15F3N4O2/c19-12-1-2-17(15(21)6-12)27-14-9-24(10-14)18(26)25-16(3-4-23-25)11-5-13(20)8-22-7-11/h1-2,4-8,14,16H,3,9-10H2. The second-order valence-corrected chi connectivity index (χ2v) is 6.33. The van der Waals surface area contributed by atoms with Gasteiger partial charge in [-0.15, -0.1) is 0 Å². The quantitative estimate of drug-likeness (QED) is 0.827. The van der Waals surface area contributed by atoms with Crippen LogP contribution in [0.3, 0.4) is 0 Å². The van der Waals surface area contributed by atoms with Crippen LogP contribution in [0.1, 0.15) is 18.0 Å². The Morgan fingerprint density at radius 2 is 1.93 bits per heavy atom. The molecule has 2 aliphatic heterocycles. The Kier molecular flexibility index (Phi) is 4.43. The summed E-state index contributed by atoms with van der Waals surface area (Å²) in [6, 6.07) is 3.62. The van der Waals surface area contributed by atoms with Gasteiger partial charge in [-0.1, -0.05) is 0 Å². The lowest BCUT2D eigenvalue weighted by molar-refractivity contribution is 0.0256. The third-order valence-electron chi connectivity index (χ3n) is 4.44. The fourth-order valence-electron chi connectivity index (χ4n) is 3.05. The van der Waals surface area contributed by atoms with Crippen molar-refractivity contribution in [2.24, 2.45) is 5.10 Å². The molecule has 1 aromatic heterocycles. The van der Waals surface area contributed by atoms with Gasteiger partial charge in [0, 0.05) is 24.9 Å². The van der Waals surface area contributed by atoms with Gasteiger partial charge in [0.15, 0.2) is 11.6 Å². The Hall–Kier alpha value is -3.10. The summed E-state index contributed by atoms with van der Waals surface area (Å²) in [4.78, 5) is 18.0. The Morgan fingerprint density at radius 3 is 2.67 bits per heavy atom. The summed E-state index contributed by atoms with van der Waals surface area (Å²) in [5.74, 6) is -2.01. The fourth-order valence-corrected chi connectivity index (χ4v) is 3.05. The number of ether oxygens (including phenoxy) is 1. The molecule has 1 fully saturated rings. The largest absolute Gasteiger partial charge is 0.484 e. The van der Waals surface area contributed by atoms with E-state index in [4.69, 9.17) is 4.74 Å². The molecule has 0 saturated carbocycles. The number of amides is 2. The average molecular weight is 376 g/mol. The van der Waals surface area contributed by atoms with Crippen LogP contribution in [-0.2, 0) is 0 Å². The number of benzene rings is 1. The molecule has 140 valence electrons. The van der Waals surface area contributed by atoms with E-state index in [2.05, 4.69) is 10.1 Å².